The van der Waals surface area contributed by atoms with Crippen LogP contribution in [0.15, 0.2) is 52.1 Å². The number of guanidine groups is 1. The number of aliphatic imine (C=N–C) groups is 1. The van der Waals surface area contributed by atoms with E-state index in [0.717, 1.165) is 18.1 Å². The SMILES string of the molecule is CCNC(=NCc1cccc(NC(=O)c2ccco2)c1)NC(C)(C)C. The van der Waals surface area contributed by atoms with E-state index in [1.807, 2.05) is 31.2 Å². The molecule has 134 valence electrons. The van der Waals surface area contributed by atoms with E-state index in [2.05, 4.69) is 41.7 Å². The Balaban J connectivity index is 2.04. The quantitative estimate of drug-likeness (QED) is 0.575. The van der Waals surface area contributed by atoms with Gasteiger partial charge in [-0.25, -0.2) is 4.99 Å². The number of hydrogen-bond acceptors (Lipinski definition) is 3. The number of amides is 1. The number of carbonyl (C=O) groups excluding carboxylic acids is 1. The van der Waals surface area contributed by atoms with Gasteiger partial charge in [-0.2, -0.15) is 0 Å². The average molecular weight is 342 g/mol. The monoisotopic (exact) mass is 342 g/mol. The molecule has 0 bridgehead atoms. The molecular weight excluding hydrogens is 316 g/mol. The Kier molecular flexibility index (Phi) is 6.22. The molecule has 2 aromatic rings. The Morgan fingerprint density at radius 1 is 1.20 bits per heavy atom. The van der Waals surface area contributed by atoms with Crippen LogP contribution in [-0.2, 0) is 6.54 Å². The summed E-state index contributed by atoms with van der Waals surface area (Å²) in [6.45, 7) is 9.60. The summed E-state index contributed by atoms with van der Waals surface area (Å²) in [7, 11) is 0. The predicted molar refractivity (Wildman–Crippen MR) is 101 cm³/mol. The fourth-order valence-corrected chi connectivity index (χ4v) is 2.18. The summed E-state index contributed by atoms with van der Waals surface area (Å²) in [6.07, 6.45) is 1.48. The van der Waals surface area contributed by atoms with Gasteiger partial charge in [0, 0.05) is 17.8 Å². The molecule has 6 nitrogen and oxygen atoms in total. The average Bonchev–Trinajstić information content (AvgIpc) is 3.06. The minimum Gasteiger partial charge on any atom is -0.459 e. The third-order valence-electron chi connectivity index (χ3n) is 3.19. The summed E-state index contributed by atoms with van der Waals surface area (Å²) in [4.78, 5) is 16.6. The van der Waals surface area contributed by atoms with Crippen molar-refractivity contribution < 1.29 is 9.21 Å². The topological polar surface area (TPSA) is 78.7 Å². The van der Waals surface area contributed by atoms with E-state index in [-0.39, 0.29) is 17.2 Å². The van der Waals surface area contributed by atoms with Crippen LogP contribution in [0.4, 0.5) is 5.69 Å². The Morgan fingerprint density at radius 2 is 2.00 bits per heavy atom. The molecule has 1 aromatic heterocycles. The van der Waals surface area contributed by atoms with Gasteiger partial charge in [-0.3, -0.25) is 4.79 Å². The zero-order valence-electron chi connectivity index (χ0n) is 15.2. The summed E-state index contributed by atoms with van der Waals surface area (Å²) in [5.74, 6) is 0.778. The van der Waals surface area contributed by atoms with Gasteiger partial charge >= 0.3 is 0 Å². The van der Waals surface area contributed by atoms with Crippen molar-refractivity contribution in [3.8, 4) is 0 Å². The zero-order valence-corrected chi connectivity index (χ0v) is 15.2. The number of furan rings is 1. The molecule has 3 N–H and O–H groups in total. The molecule has 0 aliphatic rings. The summed E-state index contributed by atoms with van der Waals surface area (Å²) in [6, 6.07) is 10.9. The summed E-state index contributed by atoms with van der Waals surface area (Å²) in [5, 5.41) is 9.40. The molecule has 0 fully saturated rings. The van der Waals surface area contributed by atoms with Gasteiger partial charge in [0.05, 0.1) is 12.8 Å². The van der Waals surface area contributed by atoms with E-state index >= 15 is 0 Å². The van der Waals surface area contributed by atoms with Crippen molar-refractivity contribution in [2.45, 2.75) is 39.8 Å². The number of carbonyl (C=O) groups is 1. The maximum atomic E-state index is 12.0. The second-order valence-corrected chi connectivity index (χ2v) is 6.70. The van der Waals surface area contributed by atoms with Crippen molar-refractivity contribution in [1.29, 1.82) is 0 Å². The minimum absolute atomic E-state index is 0.0696. The van der Waals surface area contributed by atoms with Crippen LogP contribution in [0, 0.1) is 0 Å². The van der Waals surface area contributed by atoms with Crippen molar-refractivity contribution >= 4 is 17.6 Å². The number of benzene rings is 1. The molecule has 2 rings (SSSR count). The van der Waals surface area contributed by atoms with E-state index in [4.69, 9.17) is 4.42 Å². The van der Waals surface area contributed by atoms with Crippen LogP contribution >= 0.6 is 0 Å². The van der Waals surface area contributed by atoms with Gasteiger partial charge in [-0.1, -0.05) is 12.1 Å². The van der Waals surface area contributed by atoms with Crippen molar-refractivity contribution in [1.82, 2.24) is 10.6 Å². The van der Waals surface area contributed by atoms with Gasteiger partial charge in [-0.15, -0.1) is 0 Å². The van der Waals surface area contributed by atoms with Crippen LogP contribution in [-0.4, -0.2) is 24.0 Å². The van der Waals surface area contributed by atoms with Crippen molar-refractivity contribution in [3.63, 3.8) is 0 Å². The number of anilines is 1. The first-order chi connectivity index (χ1) is 11.9. The Labute approximate surface area is 148 Å². The molecule has 0 aliphatic carbocycles. The van der Waals surface area contributed by atoms with Gasteiger partial charge in [0.25, 0.3) is 5.91 Å². The molecular formula is C19H26N4O2. The fraction of sp³-hybridized carbons (Fsp3) is 0.368. The largest absolute Gasteiger partial charge is 0.459 e. The molecule has 0 saturated carbocycles. The number of nitrogens with one attached hydrogen (secondary N) is 3. The summed E-state index contributed by atoms with van der Waals surface area (Å²) >= 11 is 0. The summed E-state index contributed by atoms with van der Waals surface area (Å²) < 4.78 is 5.10. The third-order valence-corrected chi connectivity index (χ3v) is 3.19. The smallest absolute Gasteiger partial charge is 0.291 e. The molecule has 0 atom stereocenters. The zero-order chi connectivity index (χ0) is 18.3. The van der Waals surface area contributed by atoms with Gasteiger partial charge in [0.1, 0.15) is 0 Å². The second kappa shape index (κ2) is 8.37. The standard InChI is InChI=1S/C19H26N4O2/c1-5-20-18(23-19(2,3)4)21-13-14-8-6-9-15(12-14)22-17(24)16-10-7-11-25-16/h6-12H,5,13H2,1-4H3,(H,22,24)(H2,20,21,23). The minimum atomic E-state index is -0.270. The highest BCUT2D eigenvalue weighted by Gasteiger charge is 2.12. The maximum Gasteiger partial charge on any atom is 0.291 e. The van der Waals surface area contributed by atoms with Crippen LogP contribution in [0.5, 0.6) is 0 Å². The molecule has 0 aliphatic heterocycles. The number of nitrogens with zero attached hydrogens (tertiary/aromatic N) is 1. The van der Waals surface area contributed by atoms with Gasteiger partial charge in [-0.05, 0) is 57.5 Å². The molecule has 0 radical (unpaired) electrons. The van der Waals surface area contributed by atoms with Crippen LogP contribution in [0.3, 0.4) is 0 Å². The number of hydrogen-bond donors (Lipinski definition) is 3. The van der Waals surface area contributed by atoms with Gasteiger partial charge in [0.2, 0.25) is 0 Å². The lowest BCUT2D eigenvalue weighted by atomic mass is 10.1. The van der Waals surface area contributed by atoms with Gasteiger partial charge < -0.3 is 20.4 Å². The maximum absolute atomic E-state index is 12.0. The third kappa shape index (κ3) is 6.33. The lowest BCUT2D eigenvalue weighted by molar-refractivity contribution is 0.0996. The first-order valence-electron chi connectivity index (χ1n) is 8.37. The van der Waals surface area contributed by atoms with E-state index in [1.165, 1.54) is 6.26 Å². The van der Waals surface area contributed by atoms with Crippen LogP contribution in [0.25, 0.3) is 0 Å². The Hall–Kier alpha value is -2.76. The predicted octanol–water partition coefficient (Wildman–Crippen LogP) is 3.39. The first kappa shape index (κ1) is 18.6. The lowest BCUT2D eigenvalue weighted by Crippen LogP contribution is -2.47. The highest BCUT2D eigenvalue weighted by molar-refractivity contribution is 6.02. The van der Waals surface area contributed by atoms with E-state index in [0.29, 0.717) is 12.2 Å². The van der Waals surface area contributed by atoms with Gasteiger partial charge in [0.15, 0.2) is 11.7 Å². The van der Waals surface area contributed by atoms with Crippen LogP contribution in [0.2, 0.25) is 0 Å². The second-order valence-electron chi connectivity index (χ2n) is 6.70. The molecule has 25 heavy (non-hydrogen) atoms. The van der Waals surface area contributed by atoms with Crippen LogP contribution in [0.1, 0.15) is 43.8 Å². The Morgan fingerprint density at radius 3 is 2.64 bits per heavy atom. The van der Waals surface area contributed by atoms with Crippen molar-refractivity contribution in [2.75, 3.05) is 11.9 Å². The molecule has 1 aromatic carbocycles. The van der Waals surface area contributed by atoms with E-state index in [9.17, 15) is 4.79 Å². The fourth-order valence-electron chi connectivity index (χ4n) is 2.18. The number of rotatable bonds is 5. The highest BCUT2D eigenvalue weighted by Crippen LogP contribution is 2.13. The first-order valence-corrected chi connectivity index (χ1v) is 8.37. The van der Waals surface area contributed by atoms with E-state index in [1.54, 1.807) is 12.1 Å². The normalized spacial score (nSPS) is 11.9. The molecule has 1 amide bonds. The highest BCUT2D eigenvalue weighted by atomic mass is 16.3. The molecule has 1 heterocycles. The Bertz CT molecular complexity index is 715. The molecule has 0 unspecified atom stereocenters. The molecule has 6 heteroatoms. The van der Waals surface area contributed by atoms with Crippen molar-refractivity contribution in [2.24, 2.45) is 4.99 Å². The molecule has 0 saturated heterocycles. The van der Waals surface area contributed by atoms with Crippen LogP contribution < -0.4 is 16.0 Å². The summed E-state index contributed by atoms with van der Waals surface area (Å²) in [5.41, 5.74) is 1.64. The van der Waals surface area contributed by atoms with Crippen molar-refractivity contribution in [3.05, 3.63) is 54.0 Å². The van der Waals surface area contributed by atoms with E-state index < -0.39 is 0 Å². The lowest BCUT2D eigenvalue weighted by Gasteiger charge is -2.23. The molecule has 0 spiro atoms.